The fourth-order valence-electron chi connectivity index (χ4n) is 0.884. The van der Waals surface area contributed by atoms with Crippen molar-refractivity contribution in [1.82, 2.24) is 0 Å². The van der Waals surface area contributed by atoms with Crippen molar-refractivity contribution >= 4 is 46.0 Å². The summed E-state index contributed by atoms with van der Waals surface area (Å²) in [7, 11) is 0. The fraction of sp³-hybridized carbons (Fsp3) is 0.222. The average molecular weight is 380 g/mol. The van der Waals surface area contributed by atoms with E-state index in [4.69, 9.17) is 11.6 Å². The second-order valence-electron chi connectivity index (χ2n) is 2.94. The van der Waals surface area contributed by atoms with E-state index in [-0.39, 0.29) is 0 Å². The van der Waals surface area contributed by atoms with E-state index in [0.29, 0.717) is 14.3 Å². The molecule has 0 spiro atoms. The molecule has 1 amide bonds. The van der Waals surface area contributed by atoms with Crippen LogP contribution in [0.4, 0.5) is 23.7 Å². The van der Waals surface area contributed by atoms with Crippen molar-refractivity contribution in [3.05, 3.63) is 26.8 Å². The topological polar surface area (TPSA) is 38.3 Å². The number of nitrogens with one attached hydrogen (secondary N) is 1. The summed E-state index contributed by atoms with van der Waals surface area (Å²) in [5, 5.41) is 2.64. The summed E-state index contributed by atoms with van der Waals surface area (Å²) in [6.45, 7) is -1.62. The molecule has 0 radical (unpaired) electrons. The van der Waals surface area contributed by atoms with Gasteiger partial charge in [0.25, 0.3) is 0 Å². The third kappa shape index (κ3) is 5.44. The zero-order chi connectivity index (χ0) is 13.1. The van der Waals surface area contributed by atoms with Crippen molar-refractivity contribution < 1.29 is 22.7 Å². The van der Waals surface area contributed by atoms with Crippen LogP contribution in [0.15, 0.2) is 18.2 Å². The van der Waals surface area contributed by atoms with Gasteiger partial charge < -0.3 is 4.74 Å². The van der Waals surface area contributed by atoms with Crippen LogP contribution in [-0.4, -0.2) is 18.9 Å². The van der Waals surface area contributed by atoms with Crippen LogP contribution >= 0.6 is 34.2 Å². The highest BCUT2D eigenvalue weighted by Gasteiger charge is 2.29. The van der Waals surface area contributed by atoms with Crippen LogP contribution in [0, 0.1) is 3.57 Å². The van der Waals surface area contributed by atoms with Crippen molar-refractivity contribution in [1.29, 1.82) is 0 Å². The maximum atomic E-state index is 11.8. The first-order valence-electron chi connectivity index (χ1n) is 4.23. The molecule has 0 fully saturated rings. The van der Waals surface area contributed by atoms with Crippen LogP contribution in [0.2, 0.25) is 5.02 Å². The summed E-state index contributed by atoms with van der Waals surface area (Å²) in [5.41, 5.74) is 0.335. The number of carbonyl (C=O) groups is 1. The number of benzene rings is 1. The number of alkyl halides is 3. The number of hydrogen-bond acceptors (Lipinski definition) is 2. The Bertz CT molecular complexity index is 425. The Balaban J connectivity index is 2.57. The molecule has 0 saturated heterocycles. The molecule has 0 aromatic heterocycles. The summed E-state index contributed by atoms with van der Waals surface area (Å²) >= 11 is 7.56. The Morgan fingerprint density at radius 2 is 2.12 bits per heavy atom. The molecule has 1 aromatic carbocycles. The highest BCUT2D eigenvalue weighted by molar-refractivity contribution is 14.1. The molecule has 8 heteroatoms. The molecule has 0 saturated carbocycles. The summed E-state index contributed by atoms with van der Waals surface area (Å²) in [5.74, 6) is 0. The van der Waals surface area contributed by atoms with Gasteiger partial charge in [-0.3, -0.25) is 5.32 Å². The van der Waals surface area contributed by atoms with Crippen molar-refractivity contribution in [3.63, 3.8) is 0 Å². The van der Waals surface area contributed by atoms with Crippen LogP contribution < -0.4 is 5.32 Å². The second kappa shape index (κ2) is 5.76. The van der Waals surface area contributed by atoms with Gasteiger partial charge in [0.1, 0.15) is 0 Å². The van der Waals surface area contributed by atoms with Gasteiger partial charge in [0.05, 0.1) is 5.69 Å². The molecule has 3 nitrogen and oxygen atoms in total. The molecule has 0 aliphatic rings. The van der Waals surface area contributed by atoms with Crippen molar-refractivity contribution in [2.75, 3.05) is 11.9 Å². The number of amides is 1. The van der Waals surface area contributed by atoms with Crippen LogP contribution in [0.25, 0.3) is 0 Å². The maximum absolute atomic E-state index is 11.8. The first kappa shape index (κ1) is 14.4. The third-order valence-corrected chi connectivity index (χ3v) is 2.66. The summed E-state index contributed by atoms with van der Waals surface area (Å²) in [6, 6.07) is 4.53. The lowest BCUT2D eigenvalue weighted by molar-refractivity contribution is -0.159. The predicted molar refractivity (Wildman–Crippen MR) is 65.2 cm³/mol. The minimum atomic E-state index is -4.54. The van der Waals surface area contributed by atoms with E-state index >= 15 is 0 Å². The summed E-state index contributed by atoms with van der Waals surface area (Å²) in [4.78, 5) is 11.0. The molecule has 1 aromatic rings. The molecule has 1 rings (SSSR count). The zero-order valence-electron chi connectivity index (χ0n) is 8.15. The van der Waals surface area contributed by atoms with E-state index in [1.165, 1.54) is 12.1 Å². The first-order chi connectivity index (χ1) is 7.78. The fourth-order valence-corrected chi connectivity index (χ4v) is 1.89. The van der Waals surface area contributed by atoms with Crippen LogP contribution in [0.5, 0.6) is 0 Å². The Labute approximate surface area is 113 Å². The molecule has 0 aliphatic carbocycles. The molecule has 0 aliphatic heterocycles. The standard InChI is InChI=1S/C9H6ClF3INO2/c10-5-1-2-7(6(14)3-5)15-8(16)17-4-9(11,12)13/h1-3H,4H2,(H,15,16). The molecule has 0 atom stereocenters. The average Bonchev–Trinajstić information content (AvgIpc) is 2.18. The van der Waals surface area contributed by atoms with Gasteiger partial charge in [0.15, 0.2) is 6.61 Å². The minimum Gasteiger partial charge on any atom is -0.440 e. The van der Waals surface area contributed by atoms with Crippen LogP contribution in [0.1, 0.15) is 0 Å². The zero-order valence-corrected chi connectivity index (χ0v) is 11.1. The van der Waals surface area contributed by atoms with Crippen molar-refractivity contribution in [2.45, 2.75) is 6.18 Å². The molecule has 0 bridgehead atoms. The Hall–Kier alpha value is -0.700. The third-order valence-electron chi connectivity index (χ3n) is 1.53. The van der Waals surface area contributed by atoms with Gasteiger partial charge in [0.2, 0.25) is 0 Å². The lowest BCUT2D eigenvalue weighted by Gasteiger charge is -2.10. The van der Waals surface area contributed by atoms with E-state index in [0.717, 1.165) is 0 Å². The minimum absolute atomic E-state index is 0.335. The molecule has 0 heterocycles. The predicted octanol–water partition coefficient (Wildman–Crippen LogP) is 4.06. The SMILES string of the molecule is O=C(Nc1ccc(Cl)cc1I)OCC(F)(F)F. The van der Waals surface area contributed by atoms with Crippen molar-refractivity contribution in [3.8, 4) is 0 Å². The molecule has 94 valence electrons. The Morgan fingerprint density at radius 3 is 2.65 bits per heavy atom. The van der Waals surface area contributed by atoms with Gasteiger partial charge in [-0.1, -0.05) is 11.6 Å². The Kier molecular flexibility index (Phi) is 4.87. The van der Waals surface area contributed by atoms with E-state index in [1.54, 1.807) is 6.07 Å². The van der Waals surface area contributed by atoms with Gasteiger partial charge in [0, 0.05) is 8.59 Å². The van der Waals surface area contributed by atoms with Crippen LogP contribution in [-0.2, 0) is 4.74 Å². The number of anilines is 1. The normalized spacial score (nSPS) is 11.1. The molecular weight excluding hydrogens is 373 g/mol. The number of hydrogen-bond donors (Lipinski definition) is 1. The lowest BCUT2D eigenvalue weighted by atomic mass is 10.3. The summed E-state index contributed by atoms with van der Waals surface area (Å²) in [6.07, 6.45) is -5.70. The van der Waals surface area contributed by atoms with E-state index in [2.05, 4.69) is 10.1 Å². The van der Waals surface area contributed by atoms with Gasteiger partial charge in [-0.25, -0.2) is 4.79 Å². The first-order valence-corrected chi connectivity index (χ1v) is 5.69. The molecule has 17 heavy (non-hydrogen) atoms. The molecule has 1 N–H and O–H groups in total. The van der Waals surface area contributed by atoms with E-state index in [9.17, 15) is 18.0 Å². The highest BCUT2D eigenvalue weighted by atomic mass is 127. The summed E-state index contributed by atoms with van der Waals surface area (Å²) < 4.78 is 39.9. The van der Waals surface area contributed by atoms with Gasteiger partial charge >= 0.3 is 12.3 Å². The maximum Gasteiger partial charge on any atom is 0.422 e. The van der Waals surface area contributed by atoms with Gasteiger partial charge in [-0.05, 0) is 40.8 Å². The largest absolute Gasteiger partial charge is 0.440 e. The number of rotatable bonds is 2. The van der Waals surface area contributed by atoms with Crippen LogP contribution in [0.3, 0.4) is 0 Å². The lowest BCUT2D eigenvalue weighted by Crippen LogP contribution is -2.23. The van der Waals surface area contributed by atoms with E-state index < -0.39 is 18.9 Å². The van der Waals surface area contributed by atoms with Crippen molar-refractivity contribution in [2.24, 2.45) is 0 Å². The molecule has 0 unspecified atom stereocenters. The smallest absolute Gasteiger partial charge is 0.422 e. The van der Waals surface area contributed by atoms with Gasteiger partial charge in [-0.15, -0.1) is 0 Å². The number of halogens is 5. The van der Waals surface area contributed by atoms with Gasteiger partial charge in [-0.2, -0.15) is 13.2 Å². The number of carbonyl (C=O) groups excluding carboxylic acids is 1. The Morgan fingerprint density at radius 1 is 1.47 bits per heavy atom. The number of ether oxygens (including phenoxy) is 1. The van der Waals surface area contributed by atoms with E-state index in [1.807, 2.05) is 22.6 Å². The second-order valence-corrected chi connectivity index (χ2v) is 4.54. The monoisotopic (exact) mass is 379 g/mol. The quantitative estimate of drug-likeness (QED) is 0.787. The molecular formula is C9H6ClF3INO2. The highest BCUT2D eigenvalue weighted by Crippen LogP contribution is 2.22.